The number of aryl methyl sites for hydroxylation is 2. The summed E-state index contributed by atoms with van der Waals surface area (Å²) in [6, 6.07) is 5.14. The Morgan fingerprint density at radius 3 is 2.20 bits per heavy atom. The molecule has 1 amide bonds. The molecular weight excluding hydrogens is 328 g/mol. The molecule has 0 saturated carbocycles. The first-order valence-corrected chi connectivity index (χ1v) is 7.51. The molecule has 0 aliphatic heterocycles. The highest BCUT2D eigenvalue weighted by Crippen LogP contribution is 2.24. The number of rotatable bonds is 7. The zero-order valence-corrected chi connectivity index (χ0v) is 14.5. The molecular formula is C17H20N2O6. The topological polar surface area (TPSA) is 102 Å². The number of hydrogen-bond acceptors (Lipinski definition) is 6. The minimum Gasteiger partial charge on any atom is -0.497 e. The smallest absolute Gasteiger partial charge is 0.323 e. The van der Waals surface area contributed by atoms with E-state index in [2.05, 4.69) is 5.16 Å². The fraction of sp³-hybridized carbons (Fsp3) is 0.353. The Hall–Kier alpha value is -3.03. The van der Waals surface area contributed by atoms with E-state index >= 15 is 0 Å². The molecule has 1 N–H and O–H groups in total. The van der Waals surface area contributed by atoms with E-state index in [1.165, 1.54) is 19.1 Å². The Labute approximate surface area is 144 Å². The standard InChI is InChI=1S/C17H20N2O6/c1-10-16(11(2)25-18-10)17(22)19(9-15(20)21)8-12-5-13(23-3)7-14(6-12)24-4/h5-7H,8-9H2,1-4H3,(H,20,21). The minimum atomic E-state index is -1.12. The molecule has 2 rings (SSSR count). The molecule has 0 aliphatic rings. The second-order valence-electron chi connectivity index (χ2n) is 5.48. The molecule has 1 aromatic heterocycles. The third-order valence-electron chi connectivity index (χ3n) is 3.65. The molecule has 0 spiro atoms. The molecule has 2 aromatic rings. The second kappa shape index (κ2) is 7.69. The monoisotopic (exact) mass is 348 g/mol. The number of aliphatic carboxylic acids is 1. The molecule has 0 fully saturated rings. The van der Waals surface area contributed by atoms with Gasteiger partial charge >= 0.3 is 5.97 Å². The Kier molecular flexibility index (Phi) is 5.63. The van der Waals surface area contributed by atoms with Gasteiger partial charge in [-0.25, -0.2) is 0 Å². The van der Waals surface area contributed by atoms with Crippen LogP contribution in [0.3, 0.4) is 0 Å². The van der Waals surface area contributed by atoms with Crippen LogP contribution in [0.4, 0.5) is 0 Å². The van der Waals surface area contributed by atoms with Crippen LogP contribution in [0.25, 0.3) is 0 Å². The van der Waals surface area contributed by atoms with E-state index in [9.17, 15) is 9.59 Å². The van der Waals surface area contributed by atoms with Crippen molar-refractivity contribution in [2.45, 2.75) is 20.4 Å². The number of ether oxygens (including phenoxy) is 2. The third-order valence-corrected chi connectivity index (χ3v) is 3.65. The van der Waals surface area contributed by atoms with Gasteiger partial charge in [0.2, 0.25) is 0 Å². The SMILES string of the molecule is COc1cc(CN(CC(=O)O)C(=O)c2c(C)noc2C)cc(OC)c1. The molecule has 0 atom stereocenters. The van der Waals surface area contributed by atoms with Crippen molar-refractivity contribution in [1.29, 1.82) is 0 Å². The van der Waals surface area contributed by atoms with E-state index in [1.807, 2.05) is 0 Å². The molecule has 1 heterocycles. The molecule has 8 nitrogen and oxygen atoms in total. The predicted molar refractivity (Wildman–Crippen MR) is 87.9 cm³/mol. The Bertz CT molecular complexity index is 742. The average Bonchev–Trinajstić information content (AvgIpc) is 2.91. The molecule has 0 aliphatic carbocycles. The maximum absolute atomic E-state index is 12.8. The summed E-state index contributed by atoms with van der Waals surface area (Å²) < 4.78 is 15.4. The summed E-state index contributed by atoms with van der Waals surface area (Å²) >= 11 is 0. The van der Waals surface area contributed by atoms with E-state index in [0.717, 1.165) is 0 Å². The van der Waals surface area contributed by atoms with Gasteiger partial charge in [0.05, 0.1) is 19.9 Å². The molecule has 25 heavy (non-hydrogen) atoms. The lowest BCUT2D eigenvalue weighted by molar-refractivity contribution is -0.137. The van der Waals surface area contributed by atoms with Crippen LogP contribution >= 0.6 is 0 Å². The second-order valence-corrected chi connectivity index (χ2v) is 5.48. The van der Waals surface area contributed by atoms with Gasteiger partial charge in [-0.15, -0.1) is 0 Å². The van der Waals surface area contributed by atoms with Crippen LogP contribution in [-0.2, 0) is 11.3 Å². The first kappa shape index (κ1) is 18.3. The molecule has 0 unspecified atom stereocenters. The fourth-order valence-electron chi connectivity index (χ4n) is 2.49. The van der Waals surface area contributed by atoms with Crippen LogP contribution in [-0.4, -0.2) is 47.8 Å². The van der Waals surface area contributed by atoms with Crippen LogP contribution in [0, 0.1) is 13.8 Å². The summed E-state index contributed by atoms with van der Waals surface area (Å²) in [7, 11) is 3.03. The van der Waals surface area contributed by atoms with E-state index in [1.54, 1.807) is 32.0 Å². The lowest BCUT2D eigenvalue weighted by atomic mass is 10.1. The van der Waals surface area contributed by atoms with Gasteiger partial charge in [-0.2, -0.15) is 0 Å². The van der Waals surface area contributed by atoms with Crippen molar-refractivity contribution < 1.29 is 28.7 Å². The van der Waals surface area contributed by atoms with E-state index in [-0.39, 0.29) is 12.1 Å². The summed E-state index contributed by atoms with van der Waals surface area (Å²) in [5.74, 6) is -0.125. The van der Waals surface area contributed by atoms with Crippen LogP contribution in [0.1, 0.15) is 27.4 Å². The largest absolute Gasteiger partial charge is 0.497 e. The Balaban J connectivity index is 2.35. The molecule has 0 bridgehead atoms. The van der Waals surface area contributed by atoms with Crippen LogP contribution in [0.2, 0.25) is 0 Å². The zero-order chi connectivity index (χ0) is 18.6. The molecule has 1 aromatic carbocycles. The Morgan fingerprint density at radius 2 is 1.76 bits per heavy atom. The molecule has 0 radical (unpaired) electrons. The van der Waals surface area contributed by atoms with E-state index in [0.29, 0.717) is 28.5 Å². The van der Waals surface area contributed by atoms with E-state index < -0.39 is 18.4 Å². The van der Waals surface area contributed by atoms with Gasteiger partial charge < -0.3 is 24.0 Å². The van der Waals surface area contributed by atoms with Crippen LogP contribution < -0.4 is 9.47 Å². The van der Waals surface area contributed by atoms with Crippen molar-refractivity contribution in [3.05, 3.63) is 40.8 Å². The first-order chi connectivity index (χ1) is 11.8. The zero-order valence-electron chi connectivity index (χ0n) is 14.5. The van der Waals surface area contributed by atoms with Crippen molar-refractivity contribution in [3.8, 4) is 11.5 Å². The third kappa shape index (κ3) is 4.28. The summed E-state index contributed by atoms with van der Waals surface area (Å²) in [5.41, 5.74) is 1.37. The lowest BCUT2D eigenvalue weighted by Gasteiger charge is -2.21. The van der Waals surface area contributed by atoms with Crippen molar-refractivity contribution in [1.82, 2.24) is 10.1 Å². The van der Waals surface area contributed by atoms with Gasteiger partial charge in [-0.05, 0) is 31.5 Å². The maximum atomic E-state index is 12.8. The van der Waals surface area contributed by atoms with Crippen molar-refractivity contribution in [2.24, 2.45) is 0 Å². The van der Waals surface area contributed by atoms with Gasteiger partial charge in [0.15, 0.2) is 0 Å². The average molecular weight is 348 g/mol. The first-order valence-electron chi connectivity index (χ1n) is 7.51. The Morgan fingerprint density at radius 1 is 1.16 bits per heavy atom. The summed E-state index contributed by atoms with van der Waals surface area (Å²) in [6.07, 6.45) is 0. The normalized spacial score (nSPS) is 10.4. The van der Waals surface area contributed by atoms with Gasteiger partial charge in [0, 0.05) is 12.6 Å². The highest BCUT2D eigenvalue weighted by atomic mass is 16.5. The number of carbonyl (C=O) groups excluding carboxylic acids is 1. The number of carbonyl (C=O) groups is 2. The number of carboxylic acid groups (broad SMARTS) is 1. The van der Waals surface area contributed by atoms with Crippen LogP contribution in [0.15, 0.2) is 22.7 Å². The van der Waals surface area contributed by atoms with Gasteiger partial charge in [-0.3, -0.25) is 9.59 Å². The van der Waals surface area contributed by atoms with Gasteiger partial charge in [-0.1, -0.05) is 5.16 Å². The number of carboxylic acids is 1. The number of hydrogen-bond donors (Lipinski definition) is 1. The summed E-state index contributed by atoms with van der Waals surface area (Å²) in [4.78, 5) is 25.2. The quantitative estimate of drug-likeness (QED) is 0.817. The highest BCUT2D eigenvalue weighted by Gasteiger charge is 2.25. The number of amides is 1. The fourth-order valence-corrected chi connectivity index (χ4v) is 2.49. The molecule has 134 valence electrons. The maximum Gasteiger partial charge on any atom is 0.323 e. The van der Waals surface area contributed by atoms with E-state index in [4.69, 9.17) is 19.1 Å². The van der Waals surface area contributed by atoms with Gasteiger partial charge in [0.1, 0.15) is 29.4 Å². The van der Waals surface area contributed by atoms with Crippen LogP contribution in [0.5, 0.6) is 11.5 Å². The van der Waals surface area contributed by atoms with Crippen molar-refractivity contribution in [2.75, 3.05) is 20.8 Å². The number of aromatic nitrogens is 1. The predicted octanol–water partition coefficient (Wildman–Crippen LogP) is 2.04. The highest BCUT2D eigenvalue weighted by molar-refractivity contribution is 5.97. The lowest BCUT2D eigenvalue weighted by Crippen LogP contribution is -2.35. The van der Waals surface area contributed by atoms with Crippen molar-refractivity contribution >= 4 is 11.9 Å². The van der Waals surface area contributed by atoms with Crippen molar-refractivity contribution in [3.63, 3.8) is 0 Å². The number of nitrogens with zero attached hydrogens (tertiary/aromatic N) is 2. The molecule has 8 heteroatoms. The van der Waals surface area contributed by atoms with Gasteiger partial charge in [0.25, 0.3) is 5.91 Å². The molecule has 0 saturated heterocycles. The number of methoxy groups -OCH3 is 2. The summed E-state index contributed by atoms with van der Waals surface area (Å²) in [5, 5.41) is 12.9. The number of benzene rings is 1. The minimum absolute atomic E-state index is 0.0722. The summed E-state index contributed by atoms with van der Waals surface area (Å²) in [6.45, 7) is 2.86.